The van der Waals surface area contributed by atoms with Crippen molar-refractivity contribution in [3.8, 4) is 16.9 Å². The fourth-order valence-electron chi connectivity index (χ4n) is 4.57. The van der Waals surface area contributed by atoms with Crippen molar-refractivity contribution in [1.82, 2.24) is 4.72 Å². The summed E-state index contributed by atoms with van der Waals surface area (Å²) in [7, 11) is 0. The SMILES string of the molecule is CCOC(=O)Cc1ccccc1OCc1cc(-c2cccc3c(CN[S@@+]([O-])C(C)(C)C)coc23)c2occc2c1. The summed E-state index contributed by atoms with van der Waals surface area (Å²) in [6, 6.07) is 19.5. The van der Waals surface area contributed by atoms with E-state index in [0.717, 1.165) is 49.8 Å². The van der Waals surface area contributed by atoms with Gasteiger partial charge in [0.15, 0.2) is 0 Å². The number of esters is 1. The van der Waals surface area contributed by atoms with E-state index >= 15 is 0 Å². The van der Waals surface area contributed by atoms with Gasteiger partial charge in [-0.3, -0.25) is 4.79 Å². The van der Waals surface area contributed by atoms with E-state index in [1.165, 1.54) is 0 Å². The van der Waals surface area contributed by atoms with Crippen LogP contribution in [0.4, 0.5) is 0 Å². The Morgan fingerprint density at radius 2 is 1.80 bits per heavy atom. The second-order valence-corrected chi connectivity index (χ2v) is 12.6. The van der Waals surface area contributed by atoms with Crippen molar-refractivity contribution in [3.05, 3.63) is 89.9 Å². The molecule has 40 heavy (non-hydrogen) atoms. The molecule has 0 saturated heterocycles. The molecule has 2 aromatic heterocycles. The number of rotatable bonds is 10. The molecule has 0 fully saturated rings. The second kappa shape index (κ2) is 11.8. The number of carbonyl (C=O) groups excluding carboxylic acids is 1. The fraction of sp³-hybridized carbons (Fsp3) is 0.281. The Morgan fingerprint density at radius 1 is 0.975 bits per heavy atom. The zero-order chi connectivity index (χ0) is 28.3. The van der Waals surface area contributed by atoms with E-state index in [9.17, 15) is 9.35 Å². The van der Waals surface area contributed by atoms with E-state index in [1.54, 1.807) is 19.5 Å². The summed E-state index contributed by atoms with van der Waals surface area (Å²) in [5.41, 5.74) is 5.92. The van der Waals surface area contributed by atoms with Crippen LogP contribution in [0, 0.1) is 0 Å². The Kier molecular flexibility index (Phi) is 8.21. The molecule has 5 rings (SSSR count). The molecule has 0 radical (unpaired) electrons. The first-order valence-corrected chi connectivity index (χ1v) is 14.4. The molecule has 8 heteroatoms. The van der Waals surface area contributed by atoms with Crippen molar-refractivity contribution >= 4 is 39.3 Å². The lowest BCUT2D eigenvalue weighted by molar-refractivity contribution is -0.142. The van der Waals surface area contributed by atoms with E-state index in [0.29, 0.717) is 25.5 Å². The summed E-state index contributed by atoms with van der Waals surface area (Å²) in [5.74, 6) is 0.355. The maximum absolute atomic E-state index is 12.5. The topological polar surface area (TPSA) is 96.9 Å². The molecule has 208 valence electrons. The van der Waals surface area contributed by atoms with Crippen LogP contribution in [0.25, 0.3) is 33.1 Å². The molecule has 0 saturated carbocycles. The first kappa shape index (κ1) is 27.8. The largest absolute Gasteiger partial charge is 0.598 e. The molecule has 2 heterocycles. The van der Waals surface area contributed by atoms with Gasteiger partial charge in [-0.1, -0.05) is 36.4 Å². The Hall–Kier alpha value is -3.72. The van der Waals surface area contributed by atoms with Gasteiger partial charge in [-0.15, -0.1) is 4.72 Å². The number of hydrogen-bond donors (Lipinski definition) is 1. The van der Waals surface area contributed by atoms with Gasteiger partial charge in [0.05, 0.1) is 32.1 Å². The molecular weight excluding hydrogens is 526 g/mol. The molecule has 0 unspecified atom stereocenters. The highest BCUT2D eigenvalue weighted by molar-refractivity contribution is 7.90. The molecule has 0 amide bonds. The monoisotopic (exact) mass is 559 g/mol. The average Bonchev–Trinajstić information content (AvgIpc) is 3.57. The van der Waals surface area contributed by atoms with Gasteiger partial charge in [0.25, 0.3) is 0 Å². The third-order valence-electron chi connectivity index (χ3n) is 6.54. The fourth-order valence-corrected chi connectivity index (χ4v) is 5.29. The van der Waals surface area contributed by atoms with Gasteiger partial charge in [0, 0.05) is 44.4 Å². The minimum Gasteiger partial charge on any atom is -0.598 e. The number of furan rings is 2. The third kappa shape index (κ3) is 6.04. The van der Waals surface area contributed by atoms with Crippen LogP contribution in [0.1, 0.15) is 44.4 Å². The Labute approximate surface area is 236 Å². The predicted octanol–water partition coefficient (Wildman–Crippen LogP) is 7.08. The van der Waals surface area contributed by atoms with Gasteiger partial charge in [-0.2, -0.15) is 0 Å². The van der Waals surface area contributed by atoms with Gasteiger partial charge >= 0.3 is 5.97 Å². The van der Waals surface area contributed by atoms with Gasteiger partial charge in [0.1, 0.15) is 28.3 Å². The number of ether oxygens (including phenoxy) is 2. The molecule has 5 aromatic rings. The molecular formula is C32H33NO6S. The Balaban J connectivity index is 1.44. The first-order chi connectivity index (χ1) is 19.2. The highest BCUT2D eigenvalue weighted by Crippen LogP contribution is 2.37. The summed E-state index contributed by atoms with van der Waals surface area (Å²) in [4.78, 5) is 12.1. The molecule has 3 aromatic carbocycles. The van der Waals surface area contributed by atoms with Crippen molar-refractivity contribution in [2.75, 3.05) is 6.61 Å². The molecule has 1 N–H and O–H groups in total. The highest BCUT2D eigenvalue weighted by atomic mass is 32.2. The Morgan fingerprint density at radius 3 is 2.60 bits per heavy atom. The van der Waals surface area contributed by atoms with Crippen LogP contribution >= 0.6 is 0 Å². The van der Waals surface area contributed by atoms with Crippen LogP contribution in [0.3, 0.4) is 0 Å². The van der Waals surface area contributed by atoms with Gasteiger partial charge < -0.3 is 22.9 Å². The van der Waals surface area contributed by atoms with Gasteiger partial charge in [-0.25, -0.2) is 0 Å². The van der Waals surface area contributed by atoms with E-state index in [4.69, 9.17) is 18.3 Å². The molecule has 7 nitrogen and oxygen atoms in total. The van der Waals surface area contributed by atoms with Crippen LogP contribution in [0.15, 0.2) is 82.0 Å². The average molecular weight is 560 g/mol. The standard InChI is InChI=1S/C32H33NO6S/c1-5-36-29(34)17-22-9-6-7-12-28(22)38-19-21-15-23-13-14-37-30(23)27(16-21)26-11-8-10-25-24(20-39-31(25)26)18-33-40(35)32(2,3)4/h6-16,20,33H,5,17-19H2,1-4H3/t40-/m0/s1. The van der Waals surface area contributed by atoms with Crippen LogP contribution in [0.2, 0.25) is 0 Å². The van der Waals surface area contributed by atoms with E-state index in [2.05, 4.69) is 4.72 Å². The van der Waals surface area contributed by atoms with Gasteiger partial charge in [-0.05, 0) is 57.5 Å². The minimum absolute atomic E-state index is 0.150. The maximum atomic E-state index is 12.5. The number of fused-ring (bicyclic) bond motifs is 2. The summed E-state index contributed by atoms with van der Waals surface area (Å²) < 4.78 is 38.5. The summed E-state index contributed by atoms with van der Waals surface area (Å²) in [5, 5.41) is 1.90. The van der Waals surface area contributed by atoms with Crippen molar-refractivity contribution in [2.45, 2.75) is 52.0 Å². The normalized spacial score (nSPS) is 12.6. The second-order valence-electron chi connectivity index (χ2n) is 10.5. The van der Waals surface area contributed by atoms with Crippen molar-refractivity contribution < 1.29 is 27.7 Å². The summed E-state index contributed by atoms with van der Waals surface area (Å²) in [6.45, 7) is 8.67. The number of carbonyl (C=O) groups is 1. The van der Waals surface area contributed by atoms with Crippen molar-refractivity contribution in [2.24, 2.45) is 0 Å². The third-order valence-corrected chi connectivity index (χ3v) is 8.06. The van der Waals surface area contributed by atoms with E-state index in [-0.39, 0.29) is 17.1 Å². The zero-order valence-electron chi connectivity index (χ0n) is 23.1. The number of para-hydroxylation sites is 2. The lowest BCUT2D eigenvalue weighted by Crippen LogP contribution is -2.38. The smallest absolute Gasteiger partial charge is 0.310 e. The van der Waals surface area contributed by atoms with Crippen molar-refractivity contribution in [1.29, 1.82) is 0 Å². The number of hydrogen-bond acceptors (Lipinski definition) is 7. The zero-order valence-corrected chi connectivity index (χ0v) is 23.9. The molecule has 0 aliphatic carbocycles. The summed E-state index contributed by atoms with van der Waals surface area (Å²) >= 11 is -1.19. The van der Waals surface area contributed by atoms with Crippen LogP contribution in [-0.2, 0) is 40.5 Å². The lowest BCUT2D eigenvalue weighted by Gasteiger charge is -2.23. The number of nitrogens with one attached hydrogen (secondary N) is 1. The molecule has 1 atom stereocenters. The van der Waals surface area contributed by atoms with E-state index in [1.807, 2.05) is 81.4 Å². The number of benzene rings is 3. The predicted molar refractivity (Wildman–Crippen MR) is 157 cm³/mol. The molecule has 0 spiro atoms. The Bertz CT molecular complexity index is 1630. The quantitative estimate of drug-likeness (QED) is 0.144. The highest BCUT2D eigenvalue weighted by Gasteiger charge is 2.26. The van der Waals surface area contributed by atoms with E-state index < -0.39 is 11.4 Å². The minimum atomic E-state index is -1.19. The van der Waals surface area contributed by atoms with Crippen LogP contribution < -0.4 is 9.46 Å². The van der Waals surface area contributed by atoms with Crippen LogP contribution in [-0.4, -0.2) is 21.9 Å². The summed E-state index contributed by atoms with van der Waals surface area (Å²) in [6.07, 6.45) is 3.54. The van der Waals surface area contributed by atoms with Crippen LogP contribution in [0.5, 0.6) is 5.75 Å². The van der Waals surface area contributed by atoms with Gasteiger partial charge in [0.2, 0.25) is 0 Å². The molecule has 0 aliphatic rings. The first-order valence-electron chi connectivity index (χ1n) is 13.3. The van der Waals surface area contributed by atoms with Crippen molar-refractivity contribution in [3.63, 3.8) is 0 Å². The lowest BCUT2D eigenvalue weighted by atomic mass is 9.98. The molecule has 0 bridgehead atoms. The maximum Gasteiger partial charge on any atom is 0.310 e. The molecule has 0 aliphatic heterocycles.